The summed E-state index contributed by atoms with van der Waals surface area (Å²) in [6.07, 6.45) is -0.802. The first-order valence-corrected chi connectivity index (χ1v) is 10.5. The molecule has 0 amide bonds. The number of aliphatic hydroxyl groups is 1. The fourth-order valence-electron chi connectivity index (χ4n) is 3.10. The molecular weight excluding hydrogens is 364 g/mol. The van der Waals surface area contributed by atoms with Gasteiger partial charge in [-0.25, -0.2) is 8.42 Å². The monoisotopic (exact) mass is 390 g/mol. The minimum absolute atomic E-state index is 0.00240. The van der Waals surface area contributed by atoms with Gasteiger partial charge in [-0.3, -0.25) is 9.21 Å². The van der Waals surface area contributed by atoms with Crippen molar-refractivity contribution in [2.45, 2.75) is 17.9 Å². The molecule has 1 atom stereocenters. The Hall–Kier alpha value is -1.93. The molecule has 0 saturated carbocycles. The zero-order valence-corrected chi connectivity index (χ0v) is 16.3. The third-order valence-electron chi connectivity index (χ3n) is 4.60. The van der Waals surface area contributed by atoms with Crippen LogP contribution < -0.4 is 4.31 Å². The molecule has 0 spiro atoms. The van der Waals surface area contributed by atoms with Gasteiger partial charge in [0, 0.05) is 19.6 Å². The number of ether oxygens (including phenoxy) is 1. The number of nitrogens with zero attached hydrogens (tertiary/aromatic N) is 2. The molecule has 1 saturated heterocycles. The molecule has 7 heteroatoms. The van der Waals surface area contributed by atoms with Crippen LogP contribution in [0.2, 0.25) is 0 Å². The summed E-state index contributed by atoms with van der Waals surface area (Å²) in [6, 6.07) is 15.7. The molecule has 2 aromatic carbocycles. The number of sulfonamides is 1. The maximum atomic E-state index is 13.3. The van der Waals surface area contributed by atoms with Gasteiger partial charge in [-0.05, 0) is 31.2 Å². The number of benzene rings is 2. The van der Waals surface area contributed by atoms with Gasteiger partial charge in [0.1, 0.15) is 0 Å². The van der Waals surface area contributed by atoms with Crippen molar-refractivity contribution in [1.82, 2.24) is 4.90 Å². The average Bonchev–Trinajstić information content (AvgIpc) is 2.68. The van der Waals surface area contributed by atoms with Gasteiger partial charge in [0.05, 0.1) is 36.4 Å². The van der Waals surface area contributed by atoms with E-state index in [4.69, 9.17) is 4.74 Å². The average molecular weight is 391 g/mol. The van der Waals surface area contributed by atoms with Crippen LogP contribution in [0.5, 0.6) is 0 Å². The van der Waals surface area contributed by atoms with Crippen molar-refractivity contribution < 1.29 is 18.3 Å². The van der Waals surface area contributed by atoms with Crippen LogP contribution in [0.15, 0.2) is 59.5 Å². The number of para-hydroxylation sites is 1. The zero-order valence-electron chi connectivity index (χ0n) is 15.5. The standard InChI is InChI=1S/C20H26N2O4S/c1-17-7-9-20(10-8-17)27(24,25)22(18-5-3-2-4-6-18)16-19(23)15-21-11-13-26-14-12-21/h2-10,19,23H,11-16H2,1H3. The largest absolute Gasteiger partial charge is 0.390 e. The molecule has 1 aliphatic rings. The molecular formula is C20H26N2O4S. The molecule has 6 nitrogen and oxygen atoms in total. The number of morpholine rings is 1. The Bertz CT molecular complexity index is 819. The van der Waals surface area contributed by atoms with Gasteiger partial charge in [0.2, 0.25) is 0 Å². The predicted molar refractivity (Wildman–Crippen MR) is 105 cm³/mol. The summed E-state index contributed by atoms with van der Waals surface area (Å²) in [5.74, 6) is 0. The number of anilines is 1. The van der Waals surface area contributed by atoms with E-state index in [0.717, 1.165) is 18.7 Å². The van der Waals surface area contributed by atoms with Crippen LogP contribution >= 0.6 is 0 Å². The van der Waals surface area contributed by atoms with Gasteiger partial charge in [0.15, 0.2) is 0 Å². The number of rotatable bonds is 7. The van der Waals surface area contributed by atoms with E-state index in [1.165, 1.54) is 4.31 Å². The minimum Gasteiger partial charge on any atom is -0.390 e. The molecule has 1 N–H and O–H groups in total. The van der Waals surface area contributed by atoms with Crippen LogP contribution in [0.25, 0.3) is 0 Å². The molecule has 1 heterocycles. The van der Waals surface area contributed by atoms with Crippen molar-refractivity contribution in [3.63, 3.8) is 0 Å². The molecule has 0 aliphatic carbocycles. The summed E-state index contributed by atoms with van der Waals surface area (Å²) >= 11 is 0. The van der Waals surface area contributed by atoms with Crippen molar-refractivity contribution in [3.05, 3.63) is 60.2 Å². The molecule has 0 aromatic heterocycles. The van der Waals surface area contributed by atoms with E-state index >= 15 is 0 Å². The molecule has 1 aliphatic heterocycles. The first-order valence-electron chi connectivity index (χ1n) is 9.09. The fourth-order valence-corrected chi connectivity index (χ4v) is 4.61. The topological polar surface area (TPSA) is 70.1 Å². The fraction of sp³-hybridized carbons (Fsp3) is 0.400. The molecule has 27 heavy (non-hydrogen) atoms. The minimum atomic E-state index is -3.78. The SMILES string of the molecule is Cc1ccc(S(=O)(=O)N(CC(O)CN2CCOCC2)c2ccccc2)cc1. The van der Waals surface area contributed by atoms with Gasteiger partial charge in [-0.2, -0.15) is 0 Å². The third-order valence-corrected chi connectivity index (χ3v) is 6.41. The Morgan fingerprint density at radius 1 is 1.07 bits per heavy atom. The van der Waals surface area contributed by atoms with Crippen LogP contribution in [-0.2, 0) is 14.8 Å². The number of aryl methyl sites for hydroxylation is 1. The lowest BCUT2D eigenvalue weighted by Gasteiger charge is -2.31. The number of hydrogen-bond donors (Lipinski definition) is 1. The van der Waals surface area contributed by atoms with E-state index in [1.54, 1.807) is 48.5 Å². The quantitative estimate of drug-likeness (QED) is 0.782. The summed E-state index contributed by atoms with van der Waals surface area (Å²) in [6.45, 7) is 5.08. The van der Waals surface area contributed by atoms with E-state index in [9.17, 15) is 13.5 Å². The second-order valence-electron chi connectivity index (χ2n) is 6.75. The zero-order chi connectivity index (χ0) is 19.3. The van der Waals surface area contributed by atoms with E-state index in [2.05, 4.69) is 4.90 Å². The number of β-amino-alcohol motifs (C(OH)–C–C–N with tert-alkyl or cyclic N) is 1. The van der Waals surface area contributed by atoms with Crippen LogP contribution in [0.3, 0.4) is 0 Å². The highest BCUT2D eigenvalue weighted by molar-refractivity contribution is 7.92. The highest BCUT2D eigenvalue weighted by Gasteiger charge is 2.28. The van der Waals surface area contributed by atoms with Crippen LogP contribution in [0, 0.1) is 6.92 Å². The van der Waals surface area contributed by atoms with Crippen LogP contribution in [0.4, 0.5) is 5.69 Å². The molecule has 0 radical (unpaired) electrons. The van der Waals surface area contributed by atoms with Crippen LogP contribution in [-0.4, -0.2) is 63.9 Å². The lowest BCUT2D eigenvalue weighted by Crippen LogP contribution is -2.46. The van der Waals surface area contributed by atoms with Gasteiger partial charge in [-0.1, -0.05) is 35.9 Å². The lowest BCUT2D eigenvalue weighted by molar-refractivity contribution is 0.0166. The Labute approximate surface area is 161 Å². The maximum Gasteiger partial charge on any atom is 0.264 e. The van der Waals surface area contributed by atoms with Crippen molar-refractivity contribution in [2.75, 3.05) is 43.7 Å². The summed E-state index contributed by atoms with van der Waals surface area (Å²) < 4.78 is 33.1. The van der Waals surface area contributed by atoms with Crippen molar-refractivity contribution in [2.24, 2.45) is 0 Å². The molecule has 2 aromatic rings. The van der Waals surface area contributed by atoms with Crippen molar-refractivity contribution in [1.29, 1.82) is 0 Å². The summed E-state index contributed by atoms with van der Waals surface area (Å²) in [7, 11) is -3.78. The first-order chi connectivity index (χ1) is 13.0. The summed E-state index contributed by atoms with van der Waals surface area (Å²) in [5, 5.41) is 10.6. The Balaban J connectivity index is 1.83. The molecule has 1 fully saturated rings. The second kappa shape index (κ2) is 8.84. The number of hydrogen-bond acceptors (Lipinski definition) is 5. The first kappa shape index (κ1) is 19.8. The normalized spacial score (nSPS) is 16.8. The van der Waals surface area contributed by atoms with Crippen molar-refractivity contribution in [3.8, 4) is 0 Å². The Morgan fingerprint density at radius 2 is 1.70 bits per heavy atom. The van der Waals surface area contributed by atoms with E-state index in [0.29, 0.717) is 25.4 Å². The third kappa shape index (κ3) is 5.07. The smallest absolute Gasteiger partial charge is 0.264 e. The second-order valence-corrected chi connectivity index (χ2v) is 8.61. The Morgan fingerprint density at radius 3 is 2.33 bits per heavy atom. The highest BCUT2D eigenvalue weighted by Crippen LogP contribution is 2.24. The van der Waals surface area contributed by atoms with E-state index in [-0.39, 0.29) is 11.4 Å². The Kier molecular flexibility index (Phi) is 6.49. The van der Waals surface area contributed by atoms with Crippen LogP contribution in [0.1, 0.15) is 5.56 Å². The summed E-state index contributed by atoms with van der Waals surface area (Å²) in [5.41, 5.74) is 1.53. The molecule has 0 bridgehead atoms. The molecule has 1 unspecified atom stereocenters. The van der Waals surface area contributed by atoms with E-state index < -0.39 is 16.1 Å². The van der Waals surface area contributed by atoms with E-state index in [1.807, 2.05) is 13.0 Å². The highest BCUT2D eigenvalue weighted by atomic mass is 32.2. The number of aliphatic hydroxyl groups excluding tert-OH is 1. The summed E-state index contributed by atoms with van der Waals surface area (Å²) in [4.78, 5) is 2.31. The van der Waals surface area contributed by atoms with Gasteiger partial charge >= 0.3 is 0 Å². The van der Waals surface area contributed by atoms with Crippen molar-refractivity contribution >= 4 is 15.7 Å². The van der Waals surface area contributed by atoms with Gasteiger partial charge in [-0.15, -0.1) is 0 Å². The van der Waals surface area contributed by atoms with Gasteiger partial charge < -0.3 is 9.84 Å². The molecule has 146 valence electrons. The maximum absolute atomic E-state index is 13.3. The molecule has 3 rings (SSSR count). The predicted octanol–water partition coefficient (Wildman–Crippen LogP) is 1.88. The lowest BCUT2D eigenvalue weighted by atomic mass is 10.2. The van der Waals surface area contributed by atoms with Gasteiger partial charge in [0.25, 0.3) is 10.0 Å².